The maximum atomic E-state index is 11.8. The van der Waals surface area contributed by atoms with Crippen LogP contribution in [0.4, 0.5) is 0 Å². The van der Waals surface area contributed by atoms with Gasteiger partial charge < -0.3 is 15.2 Å². The predicted molar refractivity (Wildman–Crippen MR) is 76.7 cm³/mol. The molecular weight excluding hydrogens is 254 g/mol. The molecule has 2 aromatic rings. The minimum atomic E-state index is -0.0848. The zero-order valence-corrected chi connectivity index (χ0v) is 11.3. The number of hydrogen-bond acceptors (Lipinski definition) is 3. The van der Waals surface area contributed by atoms with E-state index in [0.717, 1.165) is 11.3 Å². The van der Waals surface area contributed by atoms with Gasteiger partial charge in [0.1, 0.15) is 11.5 Å². The second kappa shape index (κ2) is 6.61. The van der Waals surface area contributed by atoms with Gasteiger partial charge in [0.2, 0.25) is 5.91 Å². The average molecular weight is 271 g/mol. The second-order valence-corrected chi connectivity index (χ2v) is 4.43. The molecule has 0 saturated heterocycles. The topological polar surface area (TPSA) is 58.6 Å². The molecule has 2 rings (SSSR count). The van der Waals surface area contributed by atoms with E-state index in [0.29, 0.717) is 18.5 Å². The van der Waals surface area contributed by atoms with Crippen molar-refractivity contribution >= 4 is 5.91 Å². The number of ether oxygens (including phenoxy) is 1. The molecule has 0 radical (unpaired) electrons. The van der Waals surface area contributed by atoms with E-state index in [-0.39, 0.29) is 11.7 Å². The number of phenols is 1. The molecule has 0 aromatic heterocycles. The first kappa shape index (κ1) is 13.9. The van der Waals surface area contributed by atoms with Crippen LogP contribution in [0.5, 0.6) is 11.5 Å². The highest BCUT2D eigenvalue weighted by Gasteiger charge is 2.05. The van der Waals surface area contributed by atoms with Crippen LogP contribution >= 0.6 is 0 Å². The molecule has 0 bridgehead atoms. The summed E-state index contributed by atoms with van der Waals surface area (Å²) >= 11 is 0. The lowest BCUT2D eigenvalue weighted by Crippen LogP contribution is -2.24. The first-order valence-electron chi connectivity index (χ1n) is 6.35. The third kappa shape index (κ3) is 3.75. The summed E-state index contributed by atoms with van der Waals surface area (Å²) in [6.07, 6.45) is 0.303. The number of nitrogens with one attached hydrogen (secondary N) is 1. The first-order chi connectivity index (χ1) is 9.69. The molecule has 0 spiro atoms. The molecule has 0 atom stereocenters. The molecule has 2 aromatic carbocycles. The molecule has 0 saturated carbocycles. The molecule has 4 heteroatoms. The van der Waals surface area contributed by atoms with Gasteiger partial charge in [0.05, 0.1) is 13.5 Å². The van der Waals surface area contributed by atoms with Crippen molar-refractivity contribution in [1.29, 1.82) is 0 Å². The van der Waals surface area contributed by atoms with Gasteiger partial charge in [0.25, 0.3) is 0 Å². The molecule has 0 aliphatic rings. The number of carbonyl (C=O) groups excluding carboxylic acids is 1. The van der Waals surface area contributed by atoms with Crippen LogP contribution < -0.4 is 10.1 Å². The zero-order chi connectivity index (χ0) is 14.4. The number of phenolic OH excluding ortho intramolecular Hbond substituents is 1. The Balaban J connectivity index is 1.87. The summed E-state index contributed by atoms with van der Waals surface area (Å²) in [6.45, 7) is 0.321. The predicted octanol–water partition coefficient (Wildman–Crippen LogP) is 2.26. The monoisotopic (exact) mass is 271 g/mol. The molecule has 104 valence electrons. The second-order valence-electron chi connectivity index (χ2n) is 4.43. The van der Waals surface area contributed by atoms with Gasteiger partial charge in [-0.1, -0.05) is 30.3 Å². The molecule has 4 nitrogen and oxygen atoms in total. The van der Waals surface area contributed by atoms with Crippen molar-refractivity contribution in [3.05, 3.63) is 59.7 Å². The van der Waals surface area contributed by atoms with Crippen LogP contribution in [0.2, 0.25) is 0 Å². The van der Waals surface area contributed by atoms with Gasteiger partial charge in [-0.2, -0.15) is 0 Å². The lowest BCUT2D eigenvalue weighted by Gasteiger charge is -2.07. The molecule has 0 unspecified atom stereocenters. The number of benzene rings is 2. The van der Waals surface area contributed by atoms with Crippen LogP contribution in [0, 0.1) is 0 Å². The number of para-hydroxylation sites is 1. The summed E-state index contributed by atoms with van der Waals surface area (Å²) in [5, 5.41) is 12.4. The molecule has 0 fully saturated rings. The van der Waals surface area contributed by atoms with Crippen molar-refractivity contribution in [2.75, 3.05) is 7.11 Å². The Morgan fingerprint density at radius 3 is 2.50 bits per heavy atom. The Hall–Kier alpha value is -2.49. The Kier molecular flexibility index (Phi) is 4.60. The molecule has 20 heavy (non-hydrogen) atoms. The lowest BCUT2D eigenvalue weighted by molar-refractivity contribution is -0.120. The third-order valence-corrected chi connectivity index (χ3v) is 2.99. The van der Waals surface area contributed by atoms with E-state index in [9.17, 15) is 9.90 Å². The van der Waals surface area contributed by atoms with Crippen LogP contribution in [0.3, 0.4) is 0 Å². The summed E-state index contributed by atoms with van der Waals surface area (Å²) < 4.78 is 5.06. The first-order valence-corrected chi connectivity index (χ1v) is 6.35. The van der Waals surface area contributed by atoms with Crippen molar-refractivity contribution in [3.8, 4) is 11.5 Å². The summed E-state index contributed by atoms with van der Waals surface area (Å²) in [6, 6.07) is 14.3. The van der Waals surface area contributed by atoms with Gasteiger partial charge in [-0.3, -0.25) is 4.79 Å². The summed E-state index contributed by atoms with van der Waals surface area (Å²) in [7, 11) is 1.61. The van der Waals surface area contributed by atoms with Gasteiger partial charge in [0.15, 0.2) is 0 Å². The maximum Gasteiger partial charge on any atom is 0.224 e. The molecule has 1 amide bonds. The van der Waals surface area contributed by atoms with E-state index in [1.807, 2.05) is 30.3 Å². The Labute approximate surface area is 118 Å². The van der Waals surface area contributed by atoms with E-state index in [2.05, 4.69) is 5.32 Å². The molecule has 0 aliphatic carbocycles. The highest BCUT2D eigenvalue weighted by atomic mass is 16.5. The number of hydrogen-bond donors (Lipinski definition) is 2. The van der Waals surface area contributed by atoms with E-state index < -0.39 is 0 Å². The molecular formula is C16H17NO3. The van der Waals surface area contributed by atoms with Gasteiger partial charge in [-0.25, -0.2) is 0 Å². The smallest absolute Gasteiger partial charge is 0.224 e. The lowest BCUT2D eigenvalue weighted by atomic mass is 10.1. The quantitative estimate of drug-likeness (QED) is 0.877. The van der Waals surface area contributed by atoms with Crippen LogP contribution in [0.25, 0.3) is 0 Å². The van der Waals surface area contributed by atoms with Crippen molar-refractivity contribution in [3.63, 3.8) is 0 Å². The van der Waals surface area contributed by atoms with Gasteiger partial charge >= 0.3 is 0 Å². The fraction of sp³-hybridized carbons (Fsp3) is 0.188. The van der Waals surface area contributed by atoms with Crippen LogP contribution in [-0.4, -0.2) is 18.1 Å². The number of rotatable bonds is 5. The summed E-state index contributed by atoms with van der Waals surface area (Å²) in [5.41, 5.74) is 1.62. The highest BCUT2D eigenvalue weighted by Crippen LogP contribution is 2.15. The van der Waals surface area contributed by atoms with Crippen LogP contribution in [-0.2, 0) is 17.8 Å². The molecule has 0 heterocycles. The fourth-order valence-electron chi connectivity index (χ4n) is 1.85. The highest BCUT2D eigenvalue weighted by molar-refractivity contribution is 5.78. The zero-order valence-electron chi connectivity index (χ0n) is 11.3. The summed E-state index contributed by atoms with van der Waals surface area (Å²) in [4.78, 5) is 11.8. The van der Waals surface area contributed by atoms with Crippen molar-refractivity contribution in [1.82, 2.24) is 5.32 Å². The Morgan fingerprint density at radius 1 is 1.15 bits per heavy atom. The number of aromatic hydroxyl groups is 1. The van der Waals surface area contributed by atoms with Crippen LogP contribution in [0.15, 0.2) is 48.5 Å². The average Bonchev–Trinajstić information content (AvgIpc) is 2.47. The third-order valence-electron chi connectivity index (χ3n) is 2.99. The van der Waals surface area contributed by atoms with E-state index in [1.54, 1.807) is 25.3 Å². The Morgan fingerprint density at radius 2 is 1.85 bits per heavy atom. The normalized spacial score (nSPS) is 10.1. The van der Waals surface area contributed by atoms with Gasteiger partial charge in [-0.15, -0.1) is 0 Å². The Bertz CT molecular complexity index is 579. The van der Waals surface area contributed by atoms with Gasteiger partial charge in [-0.05, 0) is 23.8 Å². The summed E-state index contributed by atoms with van der Waals surface area (Å²) in [5.74, 6) is 0.874. The standard InChI is InChI=1S/C16H17NO3/c1-20-14-8-6-12(7-9-14)10-16(19)17-11-13-4-2-3-5-15(13)18/h2-9,18H,10-11H2,1H3,(H,17,19). The van der Waals surface area contributed by atoms with Crippen molar-refractivity contribution in [2.24, 2.45) is 0 Å². The fourth-order valence-corrected chi connectivity index (χ4v) is 1.85. The molecule has 2 N–H and O–H groups in total. The largest absolute Gasteiger partial charge is 0.508 e. The molecule has 0 aliphatic heterocycles. The van der Waals surface area contributed by atoms with E-state index in [1.165, 1.54) is 0 Å². The van der Waals surface area contributed by atoms with Crippen molar-refractivity contribution in [2.45, 2.75) is 13.0 Å². The maximum absolute atomic E-state index is 11.8. The van der Waals surface area contributed by atoms with E-state index in [4.69, 9.17) is 4.74 Å². The van der Waals surface area contributed by atoms with Crippen LogP contribution in [0.1, 0.15) is 11.1 Å². The van der Waals surface area contributed by atoms with Crippen molar-refractivity contribution < 1.29 is 14.6 Å². The SMILES string of the molecule is COc1ccc(CC(=O)NCc2ccccc2O)cc1. The van der Waals surface area contributed by atoms with E-state index >= 15 is 0 Å². The number of amides is 1. The van der Waals surface area contributed by atoms with Gasteiger partial charge in [0, 0.05) is 12.1 Å². The minimum Gasteiger partial charge on any atom is -0.508 e. The minimum absolute atomic E-state index is 0.0848. The number of methoxy groups -OCH3 is 1. The number of carbonyl (C=O) groups is 1.